The number of hydrogen-bond donors (Lipinski definition) is 0. The molecule has 0 atom stereocenters. The van der Waals surface area contributed by atoms with Gasteiger partial charge in [0.05, 0.1) is 0 Å². The van der Waals surface area contributed by atoms with Gasteiger partial charge in [-0.3, -0.25) is 9.59 Å². The molecule has 0 aromatic rings. The average molecular weight is 578 g/mol. The Morgan fingerprint density at radius 1 is 0.556 bits per heavy atom. The minimum atomic E-state index is -0.457. The van der Waals surface area contributed by atoms with E-state index in [9.17, 15) is 19.8 Å². The van der Waals surface area contributed by atoms with Crippen LogP contribution < -0.4 is 10.2 Å². The van der Waals surface area contributed by atoms with Gasteiger partial charge in [-0.1, -0.05) is 83.1 Å². The molecule has 0 amide bonds. The second-order valence-corrected chi connectivity index (χ2v) is 10.7. The Labute approximate surface area is 189 Å². The Bertz CT molecular complexity index is 516. The first kappa shape index (κ1) is 31.0. The number of allylic oxidation sites excluding steroid dienone is 4. The fourth-order valence-electron chi connectivity index (χ4n) is 1.10. The van der Waals surface area contributed by atoms with E-state index in [0.29, 0.717) is 0 Å². The molecule has 0 rings (SSSR count). The van der Waals surface area contributed by atoms with E-state index >= 15 is 0 Å². The van der Waals surface area contributed by atoms with Crippen LogP contribution in [0.5, 0.6) is 0 Å². The molecule has 0 aliphatic heterocycles. The minimum absolute atomic E-state index is 0. The van der Waals surface area contributed by atoms with E-state index in [1.165, 1.54) is 12.2 Å². The molecule has 4 nitrogen and oxygen atoms in total. The maximum Gasteiger partial charge on any atom is 2.00 e. The van der Waals surface area contributed by atoms with E-state index < -0.39 is 21.7 Å². The molecule has 2 radical (unpaired) electrons. The van der Waals surface area contributed by atoms with Crippen LogP contribution in [0, 0.1) is 21.7 Å². The van der Waals surface area contributed by atoms with E-state index in [4.69, 9.17) is 0 Å². The molecule has 0 bridgehead atoms. The third kappa shape index (κ3) is 14.1. The summed E-state index contributed by atoms with van der Waals surface area (Å²) in [7, 11) is 0. The second-order valence-electron chi connectivity index (χ2n) is 10.7. The van der Waals surface area contributed by atoms with Crippen molar-refractivity contribution in [2.75, 3.05) is 0 Å². The molecule has 0 N–H and O–H groups in total. The quantitative estimate of drug-likeness (QED) is 0.283. The number of rotatable bonds is 2. The first-order valence-electron chi connectivity index (χ1n) is 8.97. The van der Waals surface area contributed by atoms with Crippen molar-refractivity contribution in [3.05, 3.63) is 23.7 Å². The van der Waals surface area contributed by atoms with Crippen molar-refractivity contribution in [3.8, 4) is 0 Å². The van der Waals surface area contributed by atoms with Gasteiger partial charge in [0.25, 0.3) is 0 Å². The van der Waals surface area contributed by atoms with E-state index in [-0.39, 0.29) is 53.2 Å². The molecule has 0 heterocycles. The Morgan fingerprint density at radius 3 is 0.852 bits per heavy atom. The van der Waals surface area contributed by atoms with Crippen LogP contribution in [0.1, 0.15) is 85.9 Å². The molecule has 0 unspecified atom stereocenters. The minimum Gasteiger partial charge on any atom is -0.875 e. The van der Waals surface area contributed by atoms with Gasteiger partial charge in [0.2, 0.25) is 0 Å². The first-order chi connectivity index (χ1) is 11.1. The van der Waals surface area contributed by atoms with Crippen LogP contribution in [0.15, 0.2) is 23.7 Å². The number of carbonyl (C=O) groups excluding carboxylic acids is 2. The van der Waals surface area contributed by atoms with Crippen LogP contribution in [-0.4, -0.2) is 38.9 Å². The van der Waals surface area contributed by atoms with Gasteiger partial charge >= 0.3 is 27.3 Å². The van der Waals surface area contributed by atoms with Crippen molar-refractivity contribution >= 4 is 38.9 Å². The molecule has 0 saturated carbocycles. The molecular formula is C22H42O4Pb. The van der Waals surface area contributed by atoms with Gasteiger partial charge in [-0.2, -0.15) is 0 Å². The molecule has 0 spiro atoms. The molecule has 5 heteroatoms. The molecule has 158 valence electrons. The zero-order valence-electron chi connectivity index (χ0n) is 19.3. The van der Waals surface area contributed by atoms with E-state index in [0.717, 1.165) is 0 Å². The normalized spacial score (nSPS) is 13.9. The molecule has 0 saturated heterocycles. The van der Waals surface area contributed by atoms with Crippen LogP contribution in [0.4, 0.5) is 0 Å². The monoisotopic (exact) mass is 578 g/mol. The van der Waals surface area contributed by atoms with Crippen molar-refractivity contribution in [2.24, 2.45) is 21.7 Å². The summed E-state index contributed by atoms with van der Waals surface area (Å²) in [6, 6.07) is 0. The fourth-order valence-corrected chi connectivity index (χ4v) is 1.10. The summed E-state index contributed by atoms with van der Waals surface area (Å²) < 4.78 is 0. The van der Waals surface area contributed by atoms with Gasteiger partial charge in [-0.05, 0) is 23.0 Å². The predicted molar refractivity (Wildman–Crippen MR) is 114 cm³/mol. The van der Waals surface area contributed by atoms with Gasteiger partial charge in [-0.25, -0.2) is 0 Å². The third-order valence-corrected chi connectivity index (χ3v) is 3.48. The Kier molecular flexibility index (Phi) is 12.4. The molecule has 0 aromatic heterocycles. The van der Waals surface area contributed by atoms with E-state index in [2.05, 4.69) is 0 Å². The zero-order chi connectivity index (χ0) is 21.7. The van der Waals surface area contributed by atoms with Crippen LogP contribution >= 0.6 is 0 Å². The van der Waals surface area contributed by atoms with Crippen LogP contribution in [0.25, 0.3) is 0 Å². The maximum absolute atomic E-state index is 11.4. The standard InChI is InChI=1S/2C11H20O2.Pb.2H2/c2*1-10(2,3)8(12)7-9(13)11(4,5)6;;;/h2*7,12H,1-6H3;;2*1H/q;;+2;;/p-2/b2*8-7-;;;. The summed E-state index contributed by atoms with van der Waals surface area (Å²) in [6.45, 7) is 21.7. The van der Waals surface area contributed by atoms with Crippen molar-refractivity contribution in [3.63, 3.8) is 0 Å². The van der Waals surface area contributed by atoms with Crippen molar-refractivity contribution < 1.29 is 22.7 Å². The summed E-state index contributed by atoms with van der Waals surface area (Å²) in [6.07, 6.45) is 2.44. The summed E-state index contributed by atoms with van der Waals surface area (Å²) in [5.41, 5.74) is -1.83. The number of hydrogen-bond acceptors (Lipinski definition) is 4. The summed E-state index contributed by atoms with van der Waals surface area (Å²) in [5.74, 6) is -0.417. The van der Waals surface area contributed by atoms with Crippen LogP contribution in [0.2, 0.25) is 0 Å². The summed E-state index contributed by atoms with van der Waals surface area (Å²) in [4.78, 5) is 22.9. The smallest absolute Gasteiger partial charge is 0.875 e. The summed E-state index contributed by atoms with van der Waals surface area (Å²) in [5, 5.41) is 22.9. The molecule has 0 aliphatic rings. The molecule has 27 heavy (non-hydrogen) atoms. The maximum atomic E-state index is 11.4. The van der Waals surface area contributed by atoms with Gasteiger partial charge in [0.1, 0.15) is 0 Å². The molecule has 0 aliphatic carbocycles. The van der Waals surface area contributed by atoms with Crippen LogP contribution in [0.3, 0.4) is 0 Å². The zero-order valence-corrected chi connectivity index (χ0v) is 23.2. The van der Waals surface area contributed by atoms with Crippen molar-refractivity contribution in [1.82, 2.24) is 0 Å². The molecule has 0 fully saturated rings. The predicted octanol–water partition coefficient (Wildman–Crippen LogP) is 3.90. The van der Waals surface area contributed by atoms with Crippen LogP contribution in [-0.2, 0) is 9.59 Å². The Hall–Kier alpha value is -0.658. The summed E-state index contributed by atoms with van der Waals surface area (Å²) >= 11 is 0. The number of carbonyl (C=O) groups is 2. The third-order valence-electron chi connectivity index (χ3n) is 3.48. The van der Waals surface area contributed by atoms with Gasteiger partial charge in [0.15, 0.2) is 11.6 Å². The van der Waals surface area contributed by atoms with Gasteiger partial charge in [0, 0.05) is 13.7 Å². The topological polar surface area (TPSA) is 80.3 Å². The molecule has 0 aromatic carbocycles. The first-order valence-corrected chi connectivity index (χ1v) is 8.97. The van der Waals surface area contributed by atoms with Gasteiger partial charge in [-0.15, -0.1) is 11.5 Å². The fraction of sp³-hybridized carbons (Fsp3) is 0.727. The Balaban J connectivity index is -0.000000120. The van der Waals surface area contributed by atoms with Crippen molar-refractivity contribution in [2.45, 2.75) is 83.1 Å². The second kappa shape index (κ2) is 10.8. The Morgan fingerprint density at radius 2 is 0.741 bits per heavy atom. The molecular weight excluding hydrogens is 535 g/mol. The average Bonchev–Trinajstić information content (AvgIpc) is 2.34. The van der Waals surface area contributed by atoms with Gasteiger partial charge < -0.3 is 10.2 Å². The van der Waals surface area contributed by atoms with E-state index in [1.54, 1.807) is 0 Å². The number of ketones is 2. The van der Waals surface area contributed by atoms with Crippen molar-refractivity contribution in [1.29, 1.82) is 0 Å². The van der Waals surface area contributed by atoms with E-state index in [1.807, 2.05) is 83.1 Å². The SMILES string of the molecule is CC(C)(C)C(=O)/C=C(\[O-])C(C)(C)C.CC(C)(C)C(=O)/C=C(\[O-])C(C)(C)C.[HH].[HH].[Pb+2]. The largest absolute Gasteiger partial charge is 2.00 e.